The molecule has 6 aromatic carbocycles. The van der Waals surface area contributed by atoms with Gasteiger partial charge in [-0.2, -0.15) is 0 Å². The van der Waals surface area contributed by atoms with E-state index in [0.717, 1.165) is 58.3 Å². The second kappa shape index (κ2) is 30.0. The van der Waals surface area contributed by atoms with Crippen molar-refractivity contribution in [3.8, 4) is 11.5 Å². The van der Waals surface area contributed by atoms with Gasteiger partial charge in [-0.05, 0) is 132 Å². The minimum absolute atomic E-state index is 0. The van der Waals surface area contributed by atoms with Gasteiger partial charge in [-0.3, -0.25) is 67.3 Å². The zero-order valence-corrected chi connectivity index (χ0v) is 52.2. The molecule has 0 saturated carbocycles. The molecule has 482 valence electrons. The second-order valence-electron chi connectivity index (χ2n) is 22.6. The number of imide groups is 6. The van der Waals surface area contributed by atoms with Gasteiger partial charge in [-0.25, -0.2) is 19.6 Å². The Bertz CT molecular complexity index is 4040. The van der Waals surface area contributed by atoms with Crippen LogP contribution in [0, 0.1) is 28.0 Å². The Labute approximate surface area is 561 Å². The van der Waals surface area contributed by atoms with E-state index in [0.29, 0.717) is 78.3 Å². The Morgan fingerprint density at radius 2 is 0.542 bits per heavy atom. The average Bonchev–Trinajstić information content (AvgIpc) is 1.58. The number of hydrogen-bond donors (Lipinski definition) is 1. The standard InChI is InChI=1S/C36H31N3O8.C21H14N2O4.C13H11NO4.CH4.Al.B.HN/c1-20-31(32-21(2)34(43)39(36(32)45)26-11-13-27(14-12-26)46-18-28-19-47-28)35(44)38(33(20)42)25-9-5-23(6-10-25)17-22-3-7-24(8-4-22)37-29(40)15-16-30(37)41;24-18-9-10-19(25)22(18)16-5-1-14(2-6-16)13-15-3-7-17(8-4-15)23-20(26)11-12-21(23)27;15-12-5-6-13(16)14(12)9-1-3-10(4-2-9)17-7-11-8-18-11;;;;/h3-16,20-21,28,31-32H,17-19H2,1-2H3;1-12H,13H2;1-6,11H,7-8H2;1H4;;;1H. The van der Waals surface area contributed by atoms with Gasteiger partial charge in [0, 0.05) is 68.9 Å². The molecule has 4 fully saturated rings. The van der Waals surface area contributed by atoms with E-state index in [2.05, 4.69) is 0 Å². The first-order valence-corrected chi connectivity index (χ1v) is 30.3. The van der Waals surface area contributed by atoms with Crippen LogP contribution in [0.25, 0.3) is 0 Å². The third-order valence-corrected chi connectivity index (χ3v) is 16.4. The number of amides is 12. The fourth-order valence-electron chi connectivity index (χ4n) is 11.3. The van der Waals surface area contributed by atoms with Crippen LogP contribution in [0.2, 0.25) is 0 Å². The summed E-state index contributed by atoms with van der Waals surface area (Å²) < 4.78 is 27.0. The summed E-state index contributed by atoms with van der Waals surface area (Å²) in [7, 11) is 0. The molecule has 0 bridgehead atoms. The first-order chi connectivity index (χ1) is 45.4. The summed E-state index contributed by atoms with van der Waals surface area (Å²) in [5.74, 6) is -6.89. The number of carbonyl (C=O) groups is 12. The van der Waals surface area contributed by atoms with Crippen molar-refractivity contribution in [3.05, 3.63) is 216 Å². The normalized spacial score (nSPS) is 21.1. The zero-order valence-electron chi connectivity index (χ0n) is 51.1. The van der Waals surface area contributed by atoms with E-state index < -0.39 is 47.3 Å². The van der Waals surface area contributed by atoms with Crippen molar-refractivity contribution in [2.75, 3.05) is 55.8 Å². The molecular formula is C71H61AlBN7O16. The Morgan fingerprint density at radius 1 is 0.344 bits per heavy atom. The molecule has 0 aromatic heterocycles. The van der Waals surface area contributed by atoms with Gasteiger partial charge >= 0.3 is 20.4 Å². The van der Waals surface area contributed by atoms with Gasteiger partial charge in [0.1, 0.15) is 36.9 Å². The van der Waals surface area contributed by atoms with Crippen LogP contribution in [-0.4, -0.2) is 134 Å². The van der Waals surface area contributed by atoms with Gasteiger partial charge in [0.05, 0.1) is 59.2 Å². The molecule has 14 rings (SSSR count). The SMILES string of the molecule is C.CC1C(=O)N(c2ccc(Cc3ccc(N4C(=O)C=CC4=O)cc3)cc2)C(=O)C1C1C(=O)N(c2ccc(OCC3CO3)cc2)C(=O)C1C.O=C1C=CC(=O)N1c1ccc(Cc2ccc(N3C(=O)C=CC3=O)cc2)cc1.O=C1C=CC(=O)N1c1ccc(OCC2CO2)cc1.[B].[NH]=[Al]. The van der Waals surface area contributed by atoms with Gasteiger partial charge in [-0.15, -0.1) is 0 Å². The molecule has 8 aliphatic heterocycles. The Balaban J connectivity index is 0.000000185. The number of hydrogen-bond acceptors (Lipinski definition) is 17. The van der Waals surface area contributed by atoms with Gasteiger partial charge in [0.15, 0.2) is 0 Å². The summed E-state index contributed by atoms with van der Waals surface area (Å²) in [4.78, 5) is 155. The molecule has 23 nitrogen and oxygen atoms in total. The summed E-state index contributed by atoms with van der Waals surface area (Å²) in [6.45, 7) is 5.63. The maximum absolute atomic E-state index is 13.8. The van der Waals surface area contributed by atoms with E-state index in [1.165, 1.54) is 48.6 Å². The maximum atomic E-state index is 13.8. The molecule has 0 spiro atoms. The topological polar surface area (TPSA) is 292 Å². The summed E-state index contributed by atoms with van der Waals surface area (Å²) in [6.07, 6.45) is 11.5. The Morgan fingerprint density at radius 3 is 0.750 bits per heavy atom. The minimum atomic E-state index is -0.983. The van der Waals surface area contributed by atoms with Crippen molar-refractivity contribution in [2.24, 2.45) is 23.7 Å². The van der Waals surface area contributed by atoms with Crippen LogP contribution in [0.3, 0.4) is 0 Å². The van der Waals surface area contributed by atoms with Crippen LogP contribution in [0.1, 0.15) is 43.5 Å². The van der Waals surface area contributed by atoms with Crippen molar-refractivity contribution in [3.63, 3.8) is 0 Å². The third-order valence-electron chi connectivity index (χ3n) is 16.4. The van der Waals surface area contributed by atoms with Crippen LogP contribution in [0.5, 0.6) is 11.5 Å². The van der Waals surface area contributed by atoms with E-state index in [9.17, 15) is 57.5 Å². The Hall–Kier alpha value is -11.0. The number of nitrogens with zero attached hydrogens (tertiary/aromatic N) is 6. The number of epoxide rings is 2. The monoisotopic (exact) mass is 1310 g/mol. The van der Waals surface area contributed by atoms with Crippen LogP contribution < -0.4 is 38.9 Å². The second-order valence-corrected chi connectivity index (χ2v) is 22.6. The number of nitrogens with one attached hydrogen (secondary N) is 1. The summed E-state index contributed by atoms with van der Waals surface area (Å²) in [5, 5.41) is 0. The molecule has 8 aliphatic rings. The number of ether oxygens (including phenoxy) is 4. The third kappa shape index (κ3) is 15.0. The van der Waals surface area contributed by atoms with Crippen LogP contribution >= 0.6 is 0 Å². The molecule has 6 atom stereocenters. The zero-order chi connectivity index (χ0) is 66.5. The predicted octanol–water partition coefficient (Wildman–Crippen LogP) is 6.64. The van der Waals surface area contributed by atoms with Crippen molar-refractivity contribution in [1.82, 2.24) is 0 Å². The fraction of sp³-hybridized carbons (Fsp3) is 0.211. The number of benzene rings is 6. The van der Waals surface area contributed by atoms with Crippen molar-refractivity contribution < 1.29 is 76.5 Å². The number of anilines is 6. The summed E-state index contributed by atoms with van der Waals surface area (Å²) in [5.41, 5.74) is 6.74. The van der Waals surface area contributed by atoms with E-state index in [1.807, 2.05) is 48.5 Å². The molecule has 96 heavy (non-hydrogen) atoms. The van der Waals surface area contributed by atoms with Crippen LogP contribution in [-0.2, 0) is 79.8 Å². The quantitative estimate of drug-likeness (QED) is 0.0569. The Kier molecular flexibility index (Phi) is 21.7. The predicted molar refractivity (Wildman–Crippen MR) is 353 cm³/mol. The van der Waals surface area contributed by atoms with Gasteiger partial charge < -0.3 is 18.9 Å². The molecule has 6 unspecified atom stereocenters. The van der Waals surface area contributed by atoms with E-state index in [-0.39, 0.29) is 75.3 Å². The van der Waals surface area contributed by atoms with E-state index >= 15 is 0 Å². The average molecular weight is 1310 g/mol. The van der Waals surface area contributed by atoms with Crippen LogP contribution in [0.15, 0.2) is 194 Å². The first kappa shape index (κ1) is 69.4. The van der Waals surface area contributed by atoms with Crippen molar-refractivity contribution in [2.45, 2.75) is 46.3 Å². The molecule has 4 radical (unpaired) electrons. The fourth-order valence-corrected chi connectivity index (χ4v) is 11.3. The molecule has 8 heterocycles. The van der Waals surface area contributed by atoms with E-state index in [1.54, 1.807) is 127 Å². The van der Waals surface area contributed by atoms with Crippen molar-refractivity contribution >= 4 is 130 Å². The number of carbonyl (C=O) groups excluding carboxylic acids is 12. The molecule has 1 N–H and O–H groups in total. The molecule has 4 saturated heterocycles. The molecule has 25 heteroatoms. The summed E-state index contributed by atoms with van der Waals surface area (Å²) >= 11 is 1.67. The van der Waals surface area contributed by atoms with Crippen molar-refractivity contribution in [1.29, 1.82) is 4.35 Å². The van der Waals surface area contributed by atoms with Gasteiger partial charge in [0.25, 0.3) is 47.3 Å². The summed E-state index contributed by atoms with van der Waals surface area (Å²) in [6, 6.07) is 42.0. The first-order valence-electron chi connectivity index (χ1n) is 29.7. The number of rotatable bonds is 17. The molecule has 6 aromatic rings. The van der Waals surface area contributed by atoms with E-state index in [4.69, 9.17) is 23.3 Å². The molecule has 12 amide bonds. The van der Waals surface area contributed by atoms with Crippen LogP contribution in [0.4, 0.5) is 34.1 Å². The van der Waals surface area contributed by atoms with Gasteiger partial charge in [0.2, 0.25) is 23.6 Å². The van der Waals surface area contributed by atoms with Gasteiger partial charge in [-0.1, -0.05) is 69.8 Å². The molecular weight excluding hydrogens is 1240 g/mol. The molecule has 0 aliphatic carbocycles.